The van der Waals surface area contributed by atoms with Crippen LogP contribution in [0.25, 0.3) is 0 Å². The Morgan fingerprint density at radius 1 is 1.43 bits per heavy atom. The van der Waals surface area contributed by atoms with Crippen LogP contribution in [0.4, 0.5) is 0 Å². The third-order valence-corrected chi connectivity index (χ3v) is 4.34. The number of carbonyl (C=O) groups is 1. The standard InChI is InChI=1S/C16H23ClN2O2/c1-12-11-13(3-4-15(12)17)16(21)18-7-2-8-19-9-5-14(20)6-10-19/h3-4,11,14,20H,2,5-10H2,1H3,(H,18,21). The highest BCUT2D eigenvalue weighted by Gasteiger charge is 2.16. The van der Waals surface area contributed by atoms with Crippen LogP contribution in [0.2, 0.25) is 5.02 Å². The van der Waals surface area contributed by atoms with Crippen molar-refractivity contribution in [2.45, 2.75) is 32.3 Å². The minimum absolute atomic E-state index is 0.0520. The Bertz CT molecular complexity index is 485. The van der Waals surface area contributed by atoms with Gasteiger partial charge in [-0.05, 0) is 56.5 Å². The molecule has 2 rings (SSSR count). The number of piperidine rings is 1. The summed E-state index contributed by atoms with van der Waals surface area (Å²) in [6.07, 6.45) is 2.51. The number of aliphatic hydroxyl groups excluding tert-OH is 1. The first-order chi connectivity index (χ1) is 10.1. The van der Waals surface area contributed by atoms with Gasteiger partial charge in [0.1, 0.15) is 0 Å². The molecule has 1 saturated heterocycles. The molecule has 1 aliphatic heterocycles. The van der Waals surface area contributed by atoms with Gasteiger partial charge in [-0.25, -0.2) is 0 Å². The predicted molar refractivity (Wildman–Crippen MR) is 84.8 cm³/mol. The maximum Gasteiger partial charge on any atom is 0.251 e. The number of rotatable bonds is 5. The fraction of sp³-hybridized carbons (Fsp3) is 0.562. The second kappa shape index (κ2) is 7.78. The summed E-state index contributed by atoms with van der Waals surface area (Å²) in [6.45, 7) is 5.42. The molecule has 0 spiro atoms. The van der Waals surface area contributed by atoms with E-state index in [1.165, 1.54) is 0 Å². The molecular formula is C16H23ClN2O2. The van der Waals surface area contributed by atoms with Gasteiger partial charge in [0.15, 0.2) is 0 Å². The van der Waals surface area contributed by atoms with E-state index in [9.17, 15) is 9.90 Å². The van der Waals surface area contributed by atoms with E-state index in [1.807, 2.05) is 13.0 Å². The van der Waals surface area contributed by atoms with Crippen LogP contribution in [0.5, 0.6) is 0 Å². The average molecular weight is 311 g/mol. The summed E-state index contributed by atoms with van der Waals surface area (Å²) < 4.78 is 0. The highest BCUT2D eigenvalue weighted by molar-refractivity contribution is 6.31. The number of hydrogen-bond acceptors (Lipinski definition) is 3. The summed E-state index contributed by atoms with van der Waals surface area (Å²) in [6, 6.07) is 5.31. The van der Waals surface area contributed by atoms with E-state index in [2.05, 4.69) is 10.2 Å². The lowest BCUT2D eigenvalue weighted by Gasteiger charge is -2.29. The third kappa shape index (κ3) is 4.99. The molecule has 5 heteroatoms. The van der Waals surface area contributed by atoms with Crippen molar-refractivity contribution in [1.82, 2.24) is 10.2 Å². The molecule has 21 heavy (non-hydrogen) atoms. The molecule has 0 aromatic heterocycles. The number of nitrogens with one attached hydrogen (secondary N) is 1. The lowest BCUT2D eigenvalue weighted by Crippen LogP contribution is -2.37. The molecule has 1 aliphatic rings. The van der Waals surface area contributed by atoms with E-state index >= 15 is 0 Å². The Kier molecular flexibility index (Phi) is 6.03. The van der Waals surface area contributed by atoms with Gasteiger partial charge in [0.2, 0.25) is 0 Å². The highest BCUT2D eigenvalue weighted by Crippen LogP contribution is 2.16. The van der Waals surface area contributed by atoms with Crippen LogP contribution in [-0.2, 0) is 0 Å². The minimum atomic E-state index is -0.130. The van der Waals surface area contributed by atoms with Crippen molar-refractivity contribution in [2.75, 3.05) is 26.2 Å². The number of carbonyl (C=O) groups excluding carboxylic acids is 1. The maximum absolute atomic E-state index is 12.0. The molecule has 1 aromatic rings. The molecule has 0 saturated carbocycles. The lowest BCUT2D eigenvalue weighted by molar-refractivity contribution is 0.0816. The van der Waals surface area contributed by atoms with Gasteiger partial charge in [-0.1, -0.05) is 11.6 Å². The smallest absolute Gasteiger partial charge is 0.251 e. The molecular weight excluding hydrogens is 288 g/mol. The van der Waals surface area contributed by atoms with Crippen LogP contribution in [-0.4, -0.2) is 48.2 Å². The van der Waals surface area contributed by atoms with E-state index in [0.29, 0.717) is 17.1 Å². The summed E-state index contributed by atoms with van der Waals surface area (Å²) in [4.78, 5) is 14.3. The van der Waals surface area contributed by atoms with Crippen molar-refractivity contribution in [3.8, 4) is 0 Å². The molecule has 1 fully saturated rings. The van der Waals surface area contributed by atoms with Crippen LogP contribution >= 0.6 is 11.6 Å². The summed E-state index contributed by atoms with van der Waals surface area (Å²) in [5, 5.41) is 13.1. The van der Waals surface area contributed by atoms with Gasteiger partial charge < -0.3 is 15.3 Å². The van der Waals surface area contributed by atoms with E-state index in [-0.39, 0.29) is 12.0 Å². The SMILES string of the molecule is Cc1cc(C(=O)NCCCN2CCC(O)CC2)ccc1Cl. The van der Waals surface area contributed by atoms with Gasteiger partial charge in [0, 0.05) is 30.2 Å². The van der Waals surface area contributed by atoms with Crippen LogP contribution in [0, 0.1) is 6.92 Å². The van der Waals surface area contributed by atoms with Gasteiger partial charge in [0.05, 0.1) is 6.10 Å². The molecule has 0 bridgehead atoms. The van der Waals surface area contributed by atoms with Crippen LogP contribution < -0.4 is 5.32 Å². The molecule has 0 atom stereocenters. The number of likely N-dealkylation sites (tertiary alicyclic amines) is 1. The van der Waals surface area contributed by atoms with Gasteiger partial charge in [-0.15, -0.1) is 0 Å². The molecule has 1 amide bonds. The summed E-state index contributed by atoms with van der Waals surface area (Å²) in [5.41, 5.74) is 1.56. The van der Waals surface area contributed by atoms with E-state index in [1.54, 1.807) is 12.1 Å². The molecule has 0 aliphatic carbocycles. The molecule has 4 nitrogen and oxygen atoms in total. The van der Waals surface area contributed by atoms with Gasteiger partial charge in [-0.3, -0.25) is 4.79 Å². The number of hydrogen-bond donors (Lipinski definition) is 2. The normalized spacial score (nSPS) is 16.9. The molecule has 0 unspecified atom stereocenters. The van der Waals surface area contributed by atoms with Crippen molar-refractivity contribution < 1.29 is 9.90 Å². The third-order valence-electron chi connectivity index (χ3n) is 3.91. The van der Waals surface area contributed by atoms with Gasteiger partial charge >= 0.3 is 0 Å². The zero-order valence-corrected chi connectivity index (χ0v) is 13.2. The number of nitrogens with zero attached hydrogens (tertiary/aromatic N) is 1. The number of aryl methyl sites for hydroxylation is 1. The first-order valence-corrected chi connectivity index (χ1v) is 7.89. The number of amides is 1. The average Bonchev–Trinajstić information content (AvgIpc) is 2.48. The quantitative estimate of drug-likeness (QED) is 0.820. The number of halogens is 1. The fourth-order valence-electron chi connectivity index (χ4n) is 2.54. The first-order valence-electron chi connectivity index (χ1n) is 7.51. The Hall–Kier alpha value is -1.10. The van der Waals surface area contributed by atoms with E-state index in [0.717, 1.165) is 44.5 Å². The van der Waals surface area contributed by atoms with Crippen LogP contribution in [0.3, 0.4) is 0 Å². The minimum Gasteiger partial charge on any atom is -0.393 e. The van der Waals surface area contributed by atoms with Gasteiger partial charge in [-0.2, -0.15) is 0 Å². The highest BCUT2D eigenvalue weighted by atomic mass is 35.5. The summed E-state index contributed by atoms with van der Waals surface area (Å²) in [5.74, 6) is -0.0520. The molecule has 1 heterocycles. The summed E-state index contributed by atoms with van der Waals surface area (Å²) >= 11 is 5.95. The number of benzene rings is 1. The Balaban J connectivity index is 1.68. The fourth-order valence-corrected chi connectivity index (χ4v) is 2.65. The zero-order valence-electron chi connectivity index (χ0n) is 12.4. The Morgan fingerprint density at radius 3 is 2.81 bits per heavy atom. The lowest BCUT2D eigenvalue weighted by atomic mass is 10.1. The maximum atomic E-state index is 12.0. The monoisotopic (exact) mass is 310 g/mol. The van der Waals surface area contributed by atoms with Crippen molar-refractivity contribution >= 4 is 17.5 Å². The van der Waals surface area contributed by atoms with Crippen LogP contribution in [0.15, 0.2) is 18.2 Å². The predicted octanol–water partition coefficient (Wildman–Crippen LogP) is 2.23. The zero-order chi connectivity index (χ0) is 15.2. The Labute approximate surface area is 131 Å². The topological polar surface area (TPSA) is 52.6 Å². The van der Waals surface area contributed by atoms with Crippen molar-refractivity contribution in [2.24, 2.45) is 0 Å². The van der Waals surface area contributed by atoms with Crippen LogP contribution in [0.1, 0.15) is 35.2 Å². The summed E-state index contributed by atoms with van der Waals surface area (Å²) in [7, 11) is 0. The van der Waals surface area contributed by atoms with E-state index in [4.69, 9.17) is 11.6 Å². The second-order valence-electron chi connectivity index (χ2n) is 5.65. The first kappa shape index (κ1) is 16.3. The molecule has 116 valence electrons. The Morgan fingerprint density at radius 2 is 2.14 bits per heavy atom. The van der Waals surface area contributed by atoms with Crippen molar-refractivity contribution in [1.29, 1.82) is 0 Å². The largest absolute Gasteiger partial charge is 0.393 e. The van der Waals surface area contributed by atoms with Gasteiger partial charge in [0.25, 0.3) is 5.91 Å². The number of aliphatic hydroxyl groups is 1. The van der Waals surface area contributed by atoms with E-state index < -0.39 is 0 Å². The van der Waals surface area contributed by atoms with Crippen molar-refractivity contribution in [3.63, 3.8) is 0 Å². The molecule has 1 aromatic carbocycles. The molecule has 0 radical (unpaired) electrons. The molecule has 2 N–H and O–H groups in total. The second-order valence-corrected chi connectivity index (χ2v) is 6.05. The van der Waals surface area contributed by atoms with Crippen molar-refractivity contribution in [3.05, 3.63) is 34.3 Å².